The highest BCUT2D eigenvalue weighted by Gasteiger charge is 2.23. The third-order valence-electron chi connectivity index (χ3n) is 4.69. The van der Waals surface area contributed by atoms with Crippen molar-refractivity contribution in [3.63, 3.8) is 0 Å². The monoisotopic (exact) mass is 451 g/mol. The zero-order valence-electron chi connectivity index (χ0n) is 17.0. The first-order valence-corrected chi connectivity index (χ1v) is 11.1. The molecule has 30 heavy (non-hydrogen) atoms. The van der Waals surface area contributed by atoms with Gasteiger partial charge in [0.1, 0.15) is 11.3 Å². The topological polar surface area (TPSA) is 94.8 Å². The molecule has 0 radical (unpaired) electrons. The molecular weight excluding hydrogens is 430 g/mol. The number of rotatable bonds is 7. The Morgan fingerprint density at radius 2 is 1.97 bits per heavy atom. The largest absolute Gasteiger partial charge is 0.495 e. The highest BCUT2D eigenvalue weighted by molar-refractivity contribution is 7.89. The number of fused-ring (bicyclic) bond motifs is 1. The quantitative estimate of drug-likeness (QED) is 0.526. The van der Waals surface area contributed by atoms with E-state index in [-0.39, 0.29) is 17.3 Å². The van der Waals surface area contributed by atoms with Gasteiger partial charge < -0.3 is 13.9 Å². The van der Waals surface area contributed by atoms with Gasteiger partial charge in [-0.15, -0.1) is 0 Å². The van der Waals surface area contributed by atoms with E-state index in [0.29, 0.717) is 32.9 Å². The number of halogens is 1. The second-order valence-corrected chi connectivity index (χ2v) is 8.79. The van der Waals surface area contributed by atoms with Crippen molar-refractivity contribution in [1.82, 2.24) is 4.72 Å². The van der Waals surface area contributed by atoms with Crippen molar-refractivity contribution in [1.29, 1.82) is 0 Å². The fourth-order valence-electron chi connectivity index (χ4n) is 3.07. The predicted octanol–water partition coefficient (Wildman–Crippen LogP) is 4.62. The lowest BCUT2D eigenvalue weighted by atomic mass is 10.1. The number of methoxy groups -OCH3 is 1. The number of aryl methyl sites for hydroxylation is 1. The van der Waals surface area contributed by atoms with Crippen LogP contribution in [0.3, 0.4) is 0 Å². The molecule has 1 heterocycles. The smallest absolute Gasteiger partial charge is 0.374 e. The van der Waals surface area contributed by atoms with Crippen LogP contribution in [0.2, 0.25) is 5.02 Å². The summed E-state index contributed by atoms with van der Waals surface area (Å²) in [6, 6.07) is 8.97. The highest BCUT2D eigenvalue weighted by Crippen LogP contribution is 2.30. The third kappa shape index (κ3) is 4.30. The van der Waals surface area contributed by atoms with E-state index in [2.05, 4.69) is 4.72 Å². The summed E-state index contributed by atoms with van der Waals surface area (Å²) >= 11 is 6.04. The van der Waals surface area contributed by atoms with E-state index in [9.17, 15) is 13.2 Å². The minimum atomic E-state index is -3.85. The molecule has 3 aromatic rings. The lowest BCUT2D eigenvalue weighted by Gasteiger charge is -2.16. The van der Waals surface area contributed by atoms with Crippen LogP contribution in [-0.2, 0) is 14.8 Å². The maximum Gasteiger partial charge on any atom is 0.374 e. The van der Waals surface area contributed by atoms with E-state index in [0.717, 1.165) is 0 Å². The molecule has 0 aliphatic heterocycles. The number of carbonyl (C=O) groups excluding carboxylic acids is 1. The molecule has 9 heteroatoms. The van der Waals surface area contributed by atoms with Crippen LogP contribution in [0.15, 0.2) is 45.7 Å². The molecule has 7 nitrogen and oxygen atoms in total. The van der Waals surface area contributed by atoms with Gasteiger partial charge in [0.2, 0.25) is 15.8 Å². The first-order valence-electron chi connectivity index (χ1n) is 9.24. The van der Waals surface area contributed by atoms with Gasteiger partial charge in [-0.3, -0.25) is 0 Å². The number of carbonyl (C=O) groups is 1. The number of sulfonamides is 1. The Bertz CT molecular complexity index is 1200. The molecule has 0 aliphatic carbocycles. The van der Waals surface area contributed by atoms with Gasteiger partial charge in [0.25, 0.3) is 0 Å². The zero-order valence-corrected chi connectivity index (χ0v) is 18.6. The highest BCUT2D eigenvalue weighted by atomic mass is 35.5. The molecule has 0 bridgehead atoms. The van der Waals surface area contributed by atoms with Gasteiger partial charge in [0, 0.05) is 17.0 Å². The van der Waals surface area contributed by atoms with E-state index in [1.54, 1.807) is 39.0 Å². The molecule has 1 aromatic heterocycles. The van der Waals surface area contributed by atoms with Crippen molar-refractivity contribution < 1.29 is 27.1 Å². The Hall–Kier alpha value is -2.55. The summed E-state index contributed by atoms with van der Waals surface area (Å²) in [6.45, 7) is 5.32. The molecule has 0 saturated heterocycles. The molecule has 160 valence electrons. The van der Waals surface area contributed by atoms with Crippen LogP contribution in [0, 0.1) is 6.92 Å². The average molecular weight is 452 g/mol. The molecule has 0 spiro atoms. The molecule has 1 N–H and O–H groups in total. The first-order chi connectivity index (χ1) is 14.2. The summed E-state index contributed by atoms with van der Waals surface area (Å²) < 4.78 is 44.3. The van der Waals surface area contributed by atoms with E-state index in [4.69, 9.17) is 25.5 Å². The van der Waals surface area contributed by atoms with Gasteiger partial charge in [0.15, 0.2) is 0 Å². The van der Waals surface area contributed by atoms with Crippen LogP contribution < -0.4 is 9.46 Å². The molecule has 1 atom stereocenters. The van der Waals surface area contributed by atoms with Crippen LogP contribution in [0.1, 0.15) is 41.6 Å². The van der Waals surface area contributed by atoms with Crippen LogP contribution in [0.5, 0.6) is 5.75 Å². The SMILES string of the molecule is CCOC(=O)c1oc2ccc(S(=O)(=O)NC(C)c3ccc(Cl)c(OC)c3)cc2c1C. The molecular formula is C21H22ClNO6S. The van der Waals surface area contributed by atoms with Gasteiger partial charge in [-0.1, -0.05) is 17.7 Å². The number of furan rings is 1. The van der Waals surface area contributed by atoms with Crippen LogP contribution in [0.25, 0.3) is 11.0 Å². The van der Waals surface area contributed by atoms with E-state index >= 15 is 0 Å². The van der Waals surface area contributed by atoms with Crippen LogP contribution in [-0.4, -0.2) is 28.1 Å². The molecule has 0 saturated carbocycles. The van der Waals surface area contributed by atoms with Gasteiger partial charge in [-0.25, -0.2) is 17.9 Å². The second-order valence-electron chi connectivity index (χ2n) is 6.67. The minimum absolute atomic E-state index is 0.0575. The van der Waals surface area contributed by atoms with Crippen molar-refractivity contribution in [2.45, 2.75) is 31.7 Å². The normalized spacial score (nSPS) is 12.7. The summed E-state index contributed by atoms with van der Waals surface area (Å²) in [4.78, 5) is 12.1. The maximum atomic E-state index is 12.9. The first kappa shape index (κ1) is 22.1. The Morgan fingerprint density at radius 1 is 1.23 bits per heavy atom. The second kappa shape index (κ2) is 8.67. The van der Waals surface area contributed by atoms with Crippen LogP contribution in [0.4, 0.5) is 0 Å². The fraction of sp³-hybridized carbons (Fsp3) is 0.286. The van der Waals surface area contributed by atoms with Gasteiger partial charge >= 0.3 is 5.97 Å². The minimum Gasteiger partial charge on any atom is -0.495 e. The van der Waals surface area contributed by atoms with Crippen molar-refractivity contribution in [3.05, 3.63) is 58.3 Å². The zero-order chi connectivity index (χ0) is 22.1. The Morgan fingerprint density at radius 3 is 2.63 bits per heavy atom. The van der Waals surface area contributed by atoms with Crippen molar-refractivity contribution >= 4 is 38.6 Å². The van der Waals surface area contributed by atoms with E-state index < -0.39 is 22.0 Å². The number of esters is 1. The Kier molecular flexibility index (Phi) is 6.40. The number of benzene rings is 2. The number of hydrogen-bond donors (Lipinski definition) is 1. The van der Waals surface area contributed by atoms with Gasteiger partial charge in [-0.2, -0.15) is 0 Å². The molecule has 3 rings (SSSR count). The Balaban J connectivity index is 1.92. The van der Waals surface area contributed by atoms with E-state index in [1.807, 2.05) is 0 Å². The number of hydrogen-bond acceptors (Lipinski definition) is 6. The van der Waals surface area contributed by atoms with Crippen molar-refractivity contribution in [3.8, 4) is 5.75 Å². The van der Waals surface area contributed by atoms with Crippen molar-refractivity contribution in [2.75, 3.05) is 13.7 Å². The Labute approximate surface area is 180 Å². The summed E-state index contributed by atoms with van der Waals surface area (Å²) in [5.74, 6) is -0.0582. The van der Waals surface area contributed by atoms with Gasteiger partial charge in [-0.05, 0) is 56.7 Å². The maximum absolute atomic E-state index is 12.9. The van der Waals surface area contributed by atoms with Crippen molar-refractivity contribution in [2.24, 2.45) is 0 Å². The van der Waals surface area contributed by atoms with Crippen LogP contribution >= 0.6 is 11.6 Å². The van der Waals surface area contributed by atoms with E-state index in [1.165, 1.54) is 25.3 Å². The number of ether oxygens (including phenoxy) is 2. The predicted molar refractivity (Wildman–Crippen MR) is 114 cm³/mol. The molecule has 0 fully saturated rings. The van der Waals surface area contributed by atoms with Gasteiger partial charge in [0.05, 0.1) is 23.6 Å². The fourth-order valence-corrected chi connectivity index (χ4v) is 4.53. The summed E-state index contributed by atoms with van der Waals surface area (Å²) in [5.41, 5.74) is 1.63. The molecule has 1 unspecified atom stereocenters. The summed E-state index contributed by atoms with van der Waals surface area (Å²) in [7, 11) is -2.36. The number of nitrogens with one attached hydrogen (secondary N) is 1. The summed E-state index contributed by atoms with van der Waals surface area (Å²) in [6.07, 6.45) is 0. The third-order valence-corrected chi connectivity index (χ3v) is 6.54. The molecule has 0 aliphatic rings. The summed E-state index contributed by atoms with van der Waals surface area (Å²) in [5, 5.41) is 0.969. The average Bonchev–Trinajstić information content (AvgIpc) is 3.04. The lowest BCUT2D eigenvalue weighted by Crippen LogP contribution is -2.26. The molecule has 0 amide bonds. The molecule has 2 aromatic carbocycles. The standard InChI is InChI=1S/C21H22ClNO6S/c1-5-28-21(24)20-12(2)16-11-15(7-9-18(16)29-20)30(25,26)23-13(3)14-6-8-17(22)19(10-14)27-4/h6-11,13,23H,5H2,1-4H3. The lowest BCUT2D eigenvalue weighted by molar-refractivity contribution is 0.0491.